The highest BCUT2D eigenvalue weighted by Gasteiger charge is 2.17. The summed E-state index contributed by atoms with van der Waals surface area (Å²) >= 11 is 3.31. The number of halogens is 1. The number of nitro benzene ring substituents is 1. The topological polar surface area (TPSA) is 89.0 Å². The molecule has 0 atom stereocenters. The lowest BCUT2D eigenvalue weighted by molar-refractivity contribution is -0.385. The number of pyridine rings is 1. The summed E-state index contributed by atoms with van der Waals surface area (Å²) in [5.74, 6) is 0.293. The SMILES string of the molecule is Cc1nc(Oc2ccc(C#N)cc2[N+](=O)[O-])ccc1Br. The van der Waals surface area contributed by atoms with Gasteiger partial charge in [-0.05, 0) is 41.1 Å². The van der Waals surface area contributed by atoms with Gasteiger partial charge in [0.15, 0.2) is 0 Å². The number of hydrogen-bond acceptors (Lipinski definition) is 5. The first kappa shape index (κ1) is 14.0. The molecular weight excluding hydrogens is 326 g/mol. The Morgan fingerprint density at radius 3 is 2.75 bits per heavy atom. The maximum Gasteiger partial charge on any atom is 0.312 e. The Labute approximate surface area is 122 Å². The standard InChI is InChI=1S/C13H8BrN3O3/c1-8-10(14)3-5-13(16-8)20-12-4-2-9(7-15)6-11(12)17(18)19/h2-6H,1H3. The van der Waals surface area contributed by atoms with Crippen LogP contribution in [0, 0.1) is 28.4 Å². The summed E-state index contributed by atoms with van der Waals surface area (Å²) in [6.07, 6.45) is 0. The smallest absolute Gasteiger partial charge is 0.312 e. The van der Waals surface area contributed by atoms with Crippen LogP contribution < -0.4 is 4.74 Å². The molecule has 0 fully saturated rings. The Morgan fingerprint density at radius 1 is 1.40 bits per heavy atom. The lowest BCUT2D eigenvalue weighted by Crippen LogP contribution is -1.96. The molecule has 0 amide bonds. The third-order valence-electron chi connectivity index (χ3n) is 2.50. The molecule has 1 aromatic heterocycles. The lowest BCUT2D eigenvalue weighted by atomic mass is 10.2. The van der Waals surface area contributed by atoms with Gasteiger partial charge >= 0.3 is 5.69 Å². The van der Waals surface area contributed by atoms with Gasteiger partial charge in [0.1, 0.15) is 0 Å². The van der Waals surface area contributed by atoms with Crippen LogP contribution in [0.2, 0.25) is 0 Å². The van der Waals surface area contributed by atoms with Crippen molar-refractivity contribution in [1.82, 2.24) is 4.98 Å². The molecule has 0 unspecified atom stereocenters. The van der Waals surface area contributed by atoms with E-state index in [9.17, 15) is 10.1 Å². The maximum atomic E-state index is 11.0. The average Bonchev–Trinajstić information content (AvgIpc) is 2.43. The zero-order valence-electron chi connectivity index (χ0n) is 10.3. The molecule has 1 aromatic carbocycles. The number of nitro groups is 1. The predicted octanol–water partition coefficient (Wildman–Crippen LogP) is 3.72. The molecule has 0 saturated heterocycles. The molecule has 0 aliphatic heterocycles. The van der Waals surface area contributed by atoms with Crippen LogP contribution in [0.4, 0.5) is 5.69 Å². The third-order valence-corrected chi connectivity index (χ3v) is 3.33. The van der Waals surface area contributed by atoms with E-state index >= 15 is 0 Å². The van der Waals surface area contributed by atoms with Crippen molar-refractivity contribution in [3.05, 3.63) is 56.2 Å². The molecule has 1 heterocycles. The van der Waals surface area contributed by atoms with Gasteiger partial charge in [0, 0.05) is 16.6 Å². The van der Waals surface area contributed by atoms with Crippen molar-refractivity contribution in [3.8, 4) is 17.7 Å². The minimum atomic E-state index is -0.595. The van der Waals surface area contributed by atoms with Crippen LogP contribution in [0.25, 0.3) is 0 Å². The summed E-state index contributed by atoms with van der Waals surface area (Å²) in [6, 6.07) is 9.19. The number of nitriles is 1. The fourth-order valence-corrected chi connectivity index (χ4v) is 1.73. The molecule has 0 radical (unpaired) electrons. The van der Waals surface area contributed by atoms with Crippen LogP contribution in [0.15, 0.2) is 34.8 Å². The minimum absolute atomic E-state index is 0.0447. The summed E-state index contributed by atoms with van der Waals surface area (Å²) in [5.41, 5.74) is 0.634. The molecule has 2 rings (SSSR count). The Hall–Kier alpha value is -2.46. The van der Waals surface area contributed by atoms with E-state index in [1.165, 1.54) is 18.2 Å². The van der Waals surface area contributed by atoms with E-state index < -0.39 is 4.92 Å². The molecule has 2 aromatic rings. The van der Waals surface area contributed by atoms with Crippen molar-refractivity contribution in [2.75, 3.05) is 0 Å². The summed E-state index contributed by atoms with van der Waals surface area (Å²) < 4.78 is 6.24. The van der Waals surface area contributed by atoms with E-state index in [1.54, 1.807) is 19.1 Å². The highest BCUT2D eigenvalue weighted by atomic mass is 79.9. The molecule has 0 aliphatic carbocycles. The molecule has 0 N–H and O–H groups in total. The first-order valence-corrected chi connectivity index (χ1v) is 6.30. The number of rotatable bonds is 3. The van der Waals surface area contributed by atoms with Crippen LogP contribution in [0.3, 0.4) is 0 Å². The Kier molecular flexibility index (Phi) is 3.96. The van der Waals surface area contributed by atoms with Crippen LogP contribution in [-0.4, -0.2) is 9.91 Å². The second-order valence-electron chi connectivity index (χ2n) is 3.87. The predicted molar refractivity (Wildman–Crippen MR) is 74.6 cm³/mol. The van der Waals surface area contributed by atoms with Gasteiger partial charge in [-0.2, -0.15) is 5.26 Å². The van der Waals surface area contributed by atoms with Crippen molar-refractivity contribution in [3.63, 3.8) is 0 Å². The summed E-state index contributed by atoms with van der Waals surface area (Å²) in [5, 5.41) is 19.7. The van der Waals surface area contributed by atoms with E-state index in [-0.39, 0.29) is 22.9 Å². The normalized spacial score (nSPS) is 9.85. The third kappa shape index (κ3) is 2.92. The van der Waals surface area contributed by atoms with Crippen molar-refractivity contribution < 1.29 is 9.66 Å². The zero-order chi connectivity index (χ0) is 14.7. The molecular formula is C13H8BrN3O3. The fraction of sp³-hybridized carbons (Fsp3) is 0.0769. The van der Waals surface area contributed by atoms with E-state index in [4.69, 9.17) is 10.00 Å². The van der Waals surface area contributed by atoms with Crippen molar-refractivity contribution in [1.29, 1.82) is 5.26 Å². The number of hydrogen-bond donors (Lipinski definition) is 0. The number of aromatic nitrogens is 1. The molecule has 100 valence electrons. The fourth-order valence-electron chi connectivity index (χ4n) is 1.51. The van der Waals surface area contributed by atoms with Gasteiger partial charge in [0.2, 0.25) is 11.6 Å². The van der Waals surface area contributed by atoms with Gasteiger partial charge in [0.05, 0.1) is 22.2 Å². The largest absolute Gasteiger partial charge is 0.432 e. The van der Waals surface area contributed by atoms with Gasteiger partial charge < -0.3 is 4.74 Å². The van der Waals surface area contributed by atoms with Crippen LogP contribution in [-0.2, 0) is 0 Å². The highest BCUT2D eigenvalue weighted by Crippen LogP contribution is 2.32. The Bertz CT molecular complexity index is 725. The van der Waals surface area contributed by atoms with E-state index in [1.807, 2.05) is 6.07 Å². The molecule has 0 saturated carbocycles. The van der Waals surface area contributed by atoms with Crippen molar-refractivity contribution >= 4 is 21.6 Å². The average molecular weight is 334 g/mol. The summed E-state index contributed by atoms with van der Waals surface area (Å²) in [7, 11) is 0. The molecule has 0 bridgehead atoms. The second-order valence-corrected chi connectivity index (χ2v) is 4.72. The number of ether oxygens (including phenoxy) is 1. The number of benzene rings is 1. The molecule has 20 heavy (non-hydrogen) atoms. The second kappa shape index (κ2) is 5.67. The van der Waals surface area contributed by atoms with Crippen LogP contribution in [0.5, 0.6) is 11.6 Å². The van der Waals surface area contributed by atoms with Gasteiger partial charge in [-0.1, -0.05) is 0 Å². The first-order chi connectivity index (χ1) is 9.51. The molecule has 7 heteroatoms. The lowest BCUT2D eigenvalue weighted by Gasteiger charge is -2.07. The first-order valence-electron chi connectivity index (χ1n) is 5.51. The van der Waals surface area contributed by atoms with E-state index in [2.05, 4.69) is 20.9 Å². The zero-order valence-corrected chi connectivity index (χ0v) is 11.9. The number of nitrogens with zero attached hydrogens (tertiary/aromatic N) is 3. The summed E-state index contributed by atoms with van der Waals surface area (Å²) in [4.78, 5) is 14.5. The minimum Gasteiger partial charge on any atom is -0.432 e. The Morgan fingerprint density at radius 2 is 2.15 bits per heavy atom. The van der Waals surface area contributed by atoms with Gasteiger partial charge in [-0.15, -0.1) is 0 Å². The summed E-state index contributed by atoms with van der Waals surface area (Å²) in [6.45, 7) is 1.78. The van der Waals surface area contributed by atoms with Crippen LogP contribution in [0.1, 0.15) is 11.3 Å². The monoisotopic (exact) mass is 333 g/mol. The van der Waals surface area contributed by atoms with Gasteiger partial charge in [-0.3, -0.25) is 10.1 Å². The maximum absolute atomic E-state index is 11.0. The molecule has 0 spiro atoms. The Balaban J connectivity index is 2.40. The highest BCUT2D eigenvalue weighted by molar-refractivity contribution is 9.10. The van der Waals surface area contributed by atoms with E-state index in [0.29, 0.717) is 5.69 Å². The van der Waals surface area contributed by atoms with Crippen molar-refractivity contribution in [2.45, 2.75) is 6.92 Å². The van der Waals surface area contributed by atoms with Gasteiger partial charge in [-0.25, -0.2) is 4.98 Å². The quantitative estimate of drug-likeness (QED) is 0.630. The number of aryl methyl sites for hydroxylation is 1. The van der Waals surface area contributed by atoms with Gasteiger partial charge in [0.25, 0.3) is 0 Å². The van der Waals surface area contributed by atoms with Crippen molar-refractivity contribution in [2.24, 2.45) is 0 Å². The van der Waals surface area contributed by atoms with Crippen LogP contribution >= 0.6 is 15.9 Å². The molecule has 6 nitrogen and oxygen atoms in total. The molecule has 0 aliphatic rings. The van der Waals surface area contributed by atoms with E-state index in [0.717, 1.165) is 4.47 Å².